The minimum Gasteiger partial charge on any atom is -0.296 e. The summed E-state index contributed by atoms with van der Waals surface area (Å²) < 4.78 is 0.582. The number of piperidine rings is 1. The van der Waals surface area contributed by atoms with Crippen LogP contribution in [0, 0.1) is 0 Å². The second-order valence-corrected chi connectivity index (χ2v) is 4.77. The molecule has 2 heterocycles. The van der Waals surface area contributed by atoms with E-state index in [4.69, 9.17) is 11.6 Å². The lowest BCUT2D eigenvalue weighted by atomic mass is 9.98. The summed E-state index contributed by atoms with van der Waals surface area (Å²) in [5, 5.41) is 3.01. The van der Waals surface area contributed by atoms with Gasteiger partial charge in [0.25, 0.3) is 0 Å². The predicted molar refractivity (Wildman–Crippen MR) is 52.2 cm³/mol. The van der Waals surface area contributed by atoms with Crippen molar-refractivity contribution in [2.45, 2.75) is 18.8 Å². The number of carbonyl (C=O) groups excluding carboxylic acids is 2. The van der Waals surface area contributed by atoms with Gasteiger partial charge in [0, 0.05) is 18.8 Å². The van der Waals surface area contributed by atoms with E-state index < -0.39 is 0 Å². The SMILES string of the molecule is O=C1CC(c2ncc(Cl)s2)CC(=O)N1. The molecule has 0 unspecified atom stereocenters. The van der Waals surface area contributed by atoms with Crippen LogP contribution in [0.15, 0.2) is 6.20 Å². The molecule has 6 heteroatoms. The normalized spacial score (nSPS) is 18.4. The van der Waals surface area contributed by atoms with Crippen LogP contribution in [0.25, 0.3) is 0 Å². The summed E-state index contributed by atoms with van der Waals surface area (Å²) in [7, 11) is 0. The first kappa shape index (κ1) is 9.61. The molecule has 0 bridgehead atoms. The summed E-state index contributed by atoms with van der Waals surface area (Å²) in [6.07, 6.45) is 2.17. The summed E-state index contributed by atoms with van der Waals surface area (Å²) in [4.78, 5) is 26.2. The summed E-state index contributed by atoms with van der Waals surface area (Å²) in [5.41, 5.74) is 0. The minimum atomic E-state index is -0.238. The number of amides is 2. The monoisotopic (exact) mass is 230 g/mol. The van der Waals surface area contributed by atoms with Gasteiger partial charge in [-0.1, -0.05) is 11.6 Å². The van der Waals surface area contributed by atoms with Crippen molar-refractivity contribution in [3.8, 4) is 0 Å². The zero-order valence-electron chi connectivity index (χ0n) is 7.12. The van der Waals surface area contributed by atoms with Crippen LogP contribution >= 0.6 is 22.9 Å². The highest BCUT2D eigenvalue weighted by molar-refractivity contribution is 7.15. The lowest BCUT2D eigenvalue weighted by Gasteiger charge is -2.18. The molecule has 0 radical (unpaired) electrons. The predicted octanol–water partition coefficient (Wildman–Crippen LogP) is 1.32. The van der Waals surface area contributed by atoms with Gasteiger partial charge >= 0.3 is 0 Å². The number of nitrogens with zero attached hydrogens (tertiary/aromatic N) is 1. The fourth-order valence-corrected chi connectivity index (χ4v) is 2.44. The Morgan fingerprint density at radius 3 is 2.57 bits per heavy atom. The molecular formula is C8H7ClN2O2S. The summed E-state index contributed by atoms with van der Waals surface area (Å²) in [6.45, 7) is 0. The highest BCUT2D eigenvalue weighted by Gasteiger charge is 2.27. The van der Waals surface area contributed by atoms with Crippen LogP contribution in [0.4, 0.5) is 0 Å². The Labute approximate surface area is 89.3 Å². The number of nitrogens with one attached hydrogen (secondary N) is 1. The van der Waals surface area contributed by atoms with Crippen molar-refractivity contribution in [2.24, 2.45) is 0 Å². The average molecular weight is 231 g/mol. The van der Waals surface area contributed by atoms with Gasteiger partial charge in [0.15, 0.2) is 0 Å². The van der Waals surface area contributed by atoms with Crippen molar-refractivity contribution < 1.29 is 9.59 Å². The van der Waals surface area contributed by atoms with Crippen LogP contribution in [-0.2, 0) is 9.59 Å². The standard InChI is InChI=1S/C8H7ClN2O2S/c9-5-3-10-8(14-5)4-1-6(12)11-7(13)2-4/h3-4H,1-2H2,(H,11,12,13). The molecule has 1 fully saturated rings. The average Bonchev–Trinajstić information content (AvgIpc) is 2.50. The van der Waals surface area contributed by atoms with E-state index in [0.717, 1.165) is 5.01 Å². The molecule has 0 atom stereocenters. The van der Waals surface area contributed by atoms with E-state index in [9.17, 15) is 9.59 Å². The molecule has 1 N–H and O–H groups in total. The van der Waals surface area contributed by atoms with Gasteiger partial charge in [-0.05, 0) is 0 Å². The van der Waals surface area contributed by atoms with Crippen molar-refractivity contribution >= 4 is 34.8 Å². The van der Waals surface area contributed by atoms with Gasteiger partial charge in [0.05, 0.1) is 11.2 Å². The number of halogens is 1. The van der Waals surface area contributed by atoms with Gasteiger partial charge in [0.2, 0.25) is 11.8 Å². The number of rotatable bonds is 1. The summed E-state index contributed by atoms with van der Waals surface area (Å²) in [6, 6.07) is 0. The number of hydrogen-bond acceptors (Lipinski definition) is 4. The second kappa shape index (κ2) is 3.67. The third-order valence-electron chi connectivity index (χ3n) is 1.99. The van der Waals surface area contributed by atoms with Crippen molar-refractivity contribution in [3.05, 3.63) is 15.5 Å². The number of carbonyl (C=O) groups is 2. The first-order valence-electron chi connectivity index (χ1n) is 4.09. The van der Waals surface area contributed by atoms with Gasteiger partial charge in [-0.25, -0.2) is 4.98 Å². The Morgan fingerprint density at radius 2 is 2.07 bits per heavy atom. The molecule has 0 aliphatic carbocycles. The molecule has 0 aromatic carbocycles. The number of imide groups is 1. The van der Waals surface area contributed by atoms with Gasteiger partial charge in [-0.2, -0.15) is 0 Å². The van der Waals surface area contributed by atoms with E-state index in [1.165, 1.54) is 11.3 Å². The van der Waals surface area contributed by atoms with Crippen LogP contribution in [0.3, 0.4) is 0 Å². The van der Waals surface area contributed by atoms with Crippen molar-refractivity contribution in [2.75, 3.05) is 0 Å². The first-order chi connectivity index (χ1) is 6.65. The van der Waals surface area contributed by atoms with Crippen LogP contribution in [0.5, 0.6) is 0 Å². The Balaban J connectivity index is 2.18. The van der Waals surface area contributed by atoms with Gasteiger partial charge in [-0.15, -0.1) is 11.3 Å². The zero-order chi connectivity index (χ0) is 10.1. The maximum Gasteiger partial charge on any atom is 0.227 e. The molecular weight excluding hydrogens is 224 g/mol. The molecule has 0 saturated carbocycles. The minimum absolute atomic E-state index is 0.103. The van der Waals surface area contributed by atoms with E-state index >= 15 is 0 Å². The van der Waals surface area contributed by atoms with Crippen LogP contribution < -0.4 is 5.32 Å². The molecule has 4 nitrogen and oxygen atoms in total. The third kappa shape index (κ3) is 1.93. The highest BCUT2D eigenvalue weighted by Crippen LogP contribution is 2.31. The second-order valence-electron chi connectivity index (χ2n) is 3.08. The number of hydrogen-bond donors (Lipinski definition) is 1. The van der Waals surface area contributed by atoms with Crippen molar-refractivity contribution in [1.29, 1.82) is 0 Å². The van der Waals surface area contributed by atoms with E-state index in [2.05, 4.69) is 10.3 Å². The van der Waals surface area contributed by atoms with Gasteiger partial charge in [0.1, 0.15) is 4.34 Å². The summed E-state index contributed by atoms with van der Waals surface area (Å²) >= 11 is 7.04. The van der Waals surface area contributed by atoms with E-state index in [-0.39, 0.29) is 17.7 Å². The van der Waals surface area contributed by atoms with Crippen LogP contribution in [0.2, 0.25) is 4.34 Å². The first-order valence-corrected chi connectivity index (χ1v) is 5.28. The highest BCUT2D eigenvalue weighted by atomic mass is 35.5. The molecule has 0 spiro atoms. The van der Waals surface area contributed by atoms with E-state index in [0.29, 0.717) is 17.2 Å². The molecule has 74 valence electrons. The maximum atomic E-state index is 11.1. The fraction of sp³-hybridized carbons (Fsp3) is 0.375. The third-order valence-corrected chi connectivity index (χ3v) is 3.26. The molecule has 2 amide bonds. The molecule has 1 saturated heterocycles. The lowest BCUT2D eigenvalue weighted by Crippen LogP contribution is -2.37. The molecule has 1 aromatic heterocycles. The van der Waals surface area contributed by atoms with Gasteiger partial charge < -0.3 is 0 Å². The maximum absolute atomic E-state index is 11.1. The quantitative estimate of drug-likeness (QED) is 0.741. The molecule has 1 aliphatic heterocycles. The smallest absolute Gasteiger partial charge is 0.227 e. The zero-order valence-corrected chi connectivity index (χ0v) is 8.69. The van der Waals surface area contributed by atoms with E-state index in [1.54, 1.807) is 6.20 Å². The van der Waals surface area contributed by atoms with Crippen LogP contribution in [-0.4, -0.2) is 16.8 Å². The van der Waals surface area contributed by atoms with E-state index in [1.807, 2.05) is 0 Å². The Kier molecular flexibility index (Phi) is 2.52. The molecule has 2 rings (SSSR count). The number of thiazole rings is 1. The molecule has 1 aromatic rings. The number of aromatic nitrogens is 1. The molecule has 1 aliphatic rings. The fourth-order valence-electron chi connectivity index (χ4n) is 1.41. The molecule has 14 heavy (non-hydrogen) atoms. The van der Waals surface area contributed by atoms with Gasteiger partial charge in [-0.3, -0.25) is 14.9 Å². The lowest BCUT2D eigenvalue weighted by molar-refractivity contribution is -0.133. The van der Waals surface area contributed by atoms with Crippen LogP contribution in [0.1, 0.15) is 23.8 Å². The largest absolute Gasteiger partial charge is 0.296 e. The van der Waals surface area contributed by atoms with Crippen molar-refractivity contribution in [3.63, 3.8) is 0 Å². The summed E-state index contributed by atoms with van der Waals surface area (Å²) in [5.74, 6) is -0.580. The topological polar surface area (TPSA) is 59.1 Å². The Hall–Kier alpha value is -0.940. The Morgan fingerprint density at radius 1 is 1.43 bits per heavy atom. The van der Waals surface area contributed by atoms with Crippen molar-refractivity contribution in [1.82, 2.24) is 10.3 Å². The Bertz CT molecular complexity index is 374.